The molecule has 3 N–H and O–H groups in total. The zero-order chi connectivity index (χ0) is 15.0. The number of halogens is 2. The second-order valence-electron chi connectivity index (χ2n) is 4.40. The molecule has 6 nitrogen and oxygen atoms in total. The first-order chi connectivity index (χ1) is 9.31. The second kappa shape index (κ2) is 4.87. The van der Waals surface area contributed by atoms with Crippen molar-refractivity contribution in [2.75, 3.05) is 11.4 Å². The molecule has 1 saturated heterocycles. The van der Waals surface area contributed by atoms with Gasteiger partial charge < -0.3 is 15.7 Å². The van der Waals surface area contributed by atoms with Gasteiger partial charge in [0.25, 0.3) is 0 Å². The highest BCUT2D eigenvalue weighted by Gasteiger charge is 2.36. The van der Waals surface area contributed by atoms with Crippen molar-refractivity contribution in [2.45, 2.75) is 6.42 Å². The zero-order valence-corrected chi connectivity index (χ0v) is 10.1. The van der Waals surface area contributed by atoms with Crippen molar-refractivity contribution < 1.29 is 28.3 Å². The summed E-state index contributed by atoms with van der Waals surface area (Å²) < 4.78 is 26.4. The molecule has 20 heavy (non-hydrogen) atoms. The van der Waals surface area contributed by atoms with Crippen LogP contribution in [0, 0.1) is 17.6 Å². The quantitative estimate of drug-likeness (QED) is 0.844. The molecule has 1 aliphatic heterocycles. The summed E-state index contributed by atoms with van der Waals surface area (Å²) in [5.41, 5.74) is 4.24. The van der Waals surface area contributed by atoms with Crippen molar-refractivity contribution in [1.29, 1.82) is 0 Å². The fourth-order valence-corrected chi connectivity index (χ4v) is 2.06. The molecule has 1 heterocycles. The summed E-state index contributed by atoms with van der Waals surface area (Å²) in [6.45, 7) is -0.153. The number of amides is 2. The van der Waals surface area contributed by atoms with Gasteiger partial charge in [0, 0.05) is 19.0 Å². The number of carboxylic acid groups (broad SMARTS) is 1. The predicted octanol–water partition coefficient (Wildman–Crippen LogP) is 0.501. The summed E-state index contributed by atoms with van der Waals surface area (Å²) in [4.78, 5) is 34.8. The Kier molecular flexibility index (Phi) is 3.39. The minimum absolute atomic E-state index is 0.153. The molecule has 1 unspecified atom stereocenters. The van der Waals surface area contributed by atoms with Gasteiger partial charge in [0.15, 0.2) is 11.6 Å². The van der Waals surface area contributed by atoms with Gasteiger partial charge in [-0.3, -0.25) is 9.59 Å². The van der Waals surface area contributed by atoms with Gasteiger partial charge in [-0.2, -0.15) is 0 Å². The van der Waals surface area contributed by atoms with Crippen LogP contribution in [0.5, 0.6) is 0 Å². The van der Waals surface area contributed by atoms with E-state index in [1.165, 1.54) is 0 Å². The monoisotopic (exact) mass is 284 g/mol. The number of anilines is 1. The molecular weight excluding hydrogens is 274 g/mol. The third-order valence-corrected chi connectivity index (χ3v) is 3.09. The van der Waals surface area contributed by atoms with Crippen LogP contribution in [0.15, 0.2) is 12.1 Å². The van der Waals surface area contributed by atoms with E-state index < -0.39 is 40.9 Å². The normalized spacial score (nSPS) is 18.4. The number of aromatic carboxylic acids is 1. The Morgan fingerprint density at radius 1 is 1.30 bits per heavy atom. The first kappa shape index (κ1) is 13.9. The highest BCUT2D eigenvalue weighted by Crippen LogP contribution is 2.30. The van der Waals surface area contributed by atoms with Crippen molar-refractivity contribution in [3.63, 3.8) is 0 Å². The highest BCUT2D eigenvalue weighted by atomic mass is 19.2. The van der Waals surface area contributed by atoms with Crippen LogP contribution in [0.3, 0.4) is 0 Å². The summed E-state index contributed by atoms with van der Waals surface area (Å²) in [6.07, 6.45) is -0.187. The molecule has 0 saturated carbocycles. The second-order valence-corrected chi connectivity index (χ2v) is 4.40. The van der Waals surface area contributed by atoms with E-state index in [-0.39, 0.29) is 18.7 Å². The van der Waals surface area contributed by atoms with Gasteiger partial charge in [-0.25, -0.2) is 13.6 Å². The molecule has 106 valence electrons. The van der Waals surface area contributed by atoms with E-state index in [9.17, 15) is 23.2 Å². The van der Waals surface area contributed by atoms with Crippen LogP contribution in [-0.2, 0) is 9.59 Å². The predicted molar refractivity (Wildman–Crippen MR) is 63.0 cm³/mol. The van der Waals surface area contributed by atoms with Crippen molar-refractivity contribution in [3.8, 4) is 0 Å². The largest absolute Gasteiger partial charge is 0.478 e. The molecule has 0 radical (unpaired) electrons. The number of nitrogens with zero attached hydrogens (tertiary/aromatic N) is 1. The number of carboxylic acids is 1. The third kappa shape index (κ3) is 2.31. The van der Waals surface area contributed by atoms with E-state index in [4.69, 9.17) is 10.8 Å². The van der Waals surface area contributed by atoms with Gasteiger partial charge in [-0.15, -0.1) is 0 Å². The Hall–Kier alpha value is -2.51. The first-order valence-electron chi connectivity index (χ1n) is 5.63. The summed E-state index contributed by atoms with van der Waals surface area (Å²) in [6, 6.07) is 1.12. The average Bonchev–Trinajstić information content (AvgIpc) is 2.74. The molecule has 1 aromatic carbocycles. The van der Waals surface area contributed by atoms with Gasteiger partial charge in [-0.1, -0.05) is 0 Å². The molecule has 0 aromatic heterocycles. The summed E-state index contributed by atoms with van der Waals surface area (Å²) in [5.74, 6) is -6.17. The van der Waals surface area contributed by atoms with Crippen LogP contribution in [0.1, 0.15) is 16.8 Å². The minimum Gasteiger partial charge on any atom is -0.478 e. The maximum absolute atomic E-state index is 13.3. The van der Waals surface area contributed by atoms with Crippen molar-refractivity contribution >= 4 is 23.5 Å². The number of hydrogen-bond acceptors (Lipinski definition) is 3. The Labute approximate surface area is 111 Å². The molecule has 0 aliphatic carbocycles. The SMILES string of the molecule is NC(=O)C1CC(=O)N(c2cc(F)c(F)cc2C(=O)O)C1. The molecule has 8 heteroatoms. The summed E-state index contributed by atoms with van der Waals surface area (Å²) >= 11 is 0. The fraction of sp³-hybridized carbons (Fsp3) is 0.250. The van der Waals surface area contributed by atoms with Crippen LogP contribution in [0.2, 0.25) is 0 Å². The number of rotatable bonds is 3. The Morgan fingerprint density at radius 2 is 1.90 bits per heavy atom. The minimum atomic E-state index is -1.51. The molecular formula is C12H10F2N2O4. The number of nitrogens with two attached hydrogens (primary N) is 1. The number of primary amides is 1. The topological polar surface area (TPSA) is 101 Å². The molecule has 1 aromatic rings. The summed E-state index contributed by atoms with van der Waals surface area (Å²) in [5, 5.41) is 8.98. The van der Waals surface area contributed by atoms with Gasteiger partial charge in [0.1, 0.15) is 0 Å². The van der Waals surface area contributed by atoms with Crippen LogP contribution in [-0.4, -0.2) is 29.4 Å². The lowest BCUT2D eigenvalue weighted by Crippen LogP contribution is -2.29. The molecule has 0 spiro atoms. The zero-order valence-electron chi connectivity index (χ0n) is 10.1. The third-order valence-electron chi connectivity index (χ3n) is 3.09. The molecule has 1 atom stereocenters. The number of hydrogen-bond donors (Lipinski definition) is 2. The van der Waals surface area contributed by atoms with Gasteiger partial charge in [-0.05, 0) is 6.07 Å². The molecule has 2 amide bonds. The number of carbonyl (C=O) groups excluding carboxylic acids is 2. The maximum Gasteiger partial charge on any atom is 0.337 e. The lowest BCUT2D eigenvalue weighted by Gasteiger charge is -2.18. The standard InChI is InChI=1S/C12H10F2N2O4/c13-7-2-6(12(19)20)9(3-8(7)14)16-4-5(11(15)18)1-10(16)17/h2-3,5H,1,4H2,(H2,15,18)(H,19,20). The first-order valence-corrected chi connectivity index (χ1v) is 5.63. The lowest BCUT2D eigenvalue weighted by molar-refractivity contribution is -0.123. The smallest absolute Gasteiger partial charge is 0.337 e. The molecule has 2 rings (SSSR count). The Balaban J connectivity index is 2.47. The Morgan fingerprint density at radius 3 is 2.40 bits per heavy atom. The van der Waals surface area contributed by atoms with E-state index >= 15 is 0 Å². The molecule has 0 bridgehead atoms. The van der Waals surface area contributed by atoms with Crippen LogP contribution >= 0.6 is 0 Å². The van der Waals surface area contributed by atoms with Gasteiger partial charge >= 0.3 is 5.97 Å². The van der Waals surface area contributed by atoms with E-state index in [1.54, 1.807) is 0 Å². The highest BCUT2D eigenvalue weighted by molar-refractivity contribution is 6.05. The van der Waals surface area contributed by atoms with Crippen molar-refractivity contribution in [3.05, 3.63) is 29.3 Å². The van der Waals surface area contributed by atoms with E-state index in [0.717, 1.165) is 4.90 Å². The van der Waals surface area contributed by atoms with E-state index in [0.29, 0.717) is 12.1 Å². The maximum atomic E-state index is 13.3. The average molecular weight is 284 g/mol. The van der Waals surface area contributed by atoms with Crippen LogP contribution in [0.25, 0.3) is 0 Å². The molecule has 1 fully saturated rings. The van der Waals surface area contributed by atoms with E-state index in [2.05, 4.69) is 0 Å². The fourth-order valence-electron chi connectivity index (χ4n) is 2.06. The van der Waals surface area contributed by atoms with Gasteiger partial charge in [0.2, 0.25) is 11.8 Å². The van der Waals surface area contributed by atoms with Crippen LogP contribution in [0.4, 0.5) is 14.5 Å². The van der Waals surface area contributed by atoms with Crippen molar-refractivity contribution in [2.24, 2.45) is 11.7 Å². The van der Waals surface area contributed by atoms with Gasteiger partial charge in [0.05, 0.1) is 17.2 Å². The number of carbonyl (C=O) groups is 3. The van der Waals surface area contributed by atoms with Crippen LogP contribution < -0.4 is 10.6 Å². The number of benzene rings is 1. The Bertz CT molecular complexity index is 618. The lowest BCUT2D eigenvalue weighted by atomic mass is 10.1. The van der Waals surface area contributed by atoms with Crippen molar-refractivity contribution in [1.82, 2.24) is 0 Å². The molecule has 1 aliphatic rings. The summed E-state index contributed by atoms with van der Waals surface area (Å²) in [7, 11) is 0. The van der Waals surface area contributed by atoms with E-state index in [1.807, 2.05) is 0 Å².